The SMILES string of the molecule is CCC(C)OC(=O)CC1C(=O)NCCN1C(=S)NC(=O)c1cc(OC)c(OC)c(OC)c1. The minimum absolute atomic E-state index is 0.0277. The predicted octanol–water partition coefficient (Wildman–Crippen LogP) is 1.26. The van der Waals surface area contributed by atoms with Gasteiger partial charge >= 0.3 is 5.97 Å². The Labute approximate surface area is 192 Å². The summed E-state index contributed by atoms with van der Waals surface area (Å²) in [5.41, 5.74) is 0.219. The van der Waals surface area contributed by atoms with Crippen molar-refractivity contribution in [3.05, 3.63) is 17.7 Å². The highest BCUT2D eigenvalue weighted by Crippen LogP contribution is 2.38. The summed E-state index contributed by atoms with van der Waals surface area (Å²) in [5, 5.41) is 5.35. The summed E-state index contributed by atoms with van der Waals surface area (Å²) in [4.78, 5) is 39.0. The van der Waals surface area contributed by atoms with Crippen LogP contribution in [0, 0.1) is 0 Å². The van der Waals surface area contributed by atoms with Crippen LogP contribution >= 0.6 is 12.2 Å². The number of esters is 1. The van der Waals surface area contributed by atoms with Crippen molar-refractivity contribution in [3.63, 3.8) is 0 Å². The normalized spacial score (nSPS) is 16.5. The Hall–Kier alpha value is -3.08. The second-order valence-electron chi connectivity index (χ2n) is 7.09. The van der Waals surface area contributed by atoms with Crippen molar-refractivity contribution in [1.29, 1.82) is 0 Å². The first-order valence-corrected chi connectivity index (χ1v) is 10.6. The van der Waals surface area contributed by atoms with E-state index < -0.39 is 17.9 Å². The number of amides is 2. The quantitative estimate of drug-likeness (QED) is 0.431. The number of carbonyl (C=O) groups excluding carboxylic acids is 3. The van der Waals surface area contributed by atoms with Crippen LogP contribution in [0.15, 0.2) is 12.1 Å². The zero-order valence-electron chi connectivity index (χ0n) is 18.9. The van der Waals surface area contributed by atoms with Gasteiger partial charge in [0, 0.05) is 18.7 Å². The maximum absolute atomic E-state index is 12.9. The lowest BCUT2D eigenvalue weighted by molar-refractivity contribution is -0.151. The Kier molecular flexibility index (Phi) is 9.06. The van der Waals surface area contributed by atoms with Crippen LogP contribution in [0.25, 0.3) is 0 Å². The van der Waals surface area contributed by atoms with Gasteiger partial charge in [0.2, 0.25) is 11.7 Å². The molecule has 0 bridgehead atoms. The first-order chi connectivity index (χ1) is 15.2. The van der Waals surface area contributed by atoms with Gasteiger partial charge in [-0.2, -0.15) is 0 Å². The van der Waals surface area contributed by atoms with E-state index in [0.717, 1.165) is 0 Å². The molecule has 1 aliphatic heterocycles. The number of methoxy groups -OCH3 is 3. The highest BCUT2D eigenvalue weighted by atomic mass is 32.1. The molecule has 11 heteroatoms. The standard InChI is InChI=1S/C21H29N3O7S/c1-6-12(2)31-17(25)11-14-20(27)22-7-8-24(14)21(32)23-19(26)13-9-15(28-3)18(30-5)16(10-13)29-4/h9-10,12,14H,6-8,11H2,1-5H3,(H,22,27)(H,23,26,32). The lowest BCUT2D eigenvalue weighted by atomic mass is 10.1. The van der Waals surface area contributed by atoms with Crippen molar-refractivity contribution in [3.8, 4) is 17.2 Å². The summed E-state index contributed by atoms with van der Waals surface area (Å²) < 4.78 is 21.1. The summed E-state index contributed by atoms with van der Waals surface area (Å²) in [7, 11) is 4.35. The van der Waals surface area contributed by atoms with Crippen LogP contribution in [-0.4, -0.2) is 74.4 Å². The zero-order chi connectivity index (χ0) is 23.8. The minimum atomic E-state index is -0.881. The fraction of sp³-hybridized carbons (Fsp3) is 0.524. The van der Waals surface area contributed by atoms with Crippen molar-refractivity contribution >= 4 is 35.1 Å². The summed E-state index contributed by atoms with van der Waals surface area (Å²) >= 11 is 5.39. The Bertz CT molecular complexity index is 852. The average molecular weight is 468 g/mol. The van der Waals surface area contributed by atoms with Gasteiger partial charge in [0.1, 0.15) is 6.04 Å². The van der Waals surface area contributed by atoms with Gasteiger partial charge in [0.15, 0.2) is 16.6 Å². The van der Waals surface area contributed by atoms with Gasteiger partial charge in [0.25, 0.3) is 5.91 Å². The Morgan fingerprint density at radius 1 is 1.22 bits per heavy atom. The Morgan fingerprint density at radius 3 is 2.38 bits per heavy atom. The number of nitrogens with zero attached hydrogens (tertiary/aromatic N) is 1. The first kappa shape index (κ1) is 25.2. The highest BCUT2D eigenvalue weighted by molar-refractivity contribution is 7.80. The molecule has 1 fully saturated rings. The molecule has 2 atom stereocenters. The van der Waals surface area contributed by atoms with E-state index in [1.807, 2.05) is 6.92 Å². The number of piperazine rings is 1. The molecule has 10 nitrogen and oxygen atoms in total. The number of benzene rings is 1. The van der Waals surface area contributed by atoms with E-state index in [1.165, 1.54) is 38.4 Å². The molecule has 0 spiro atoms. The summed E-state index contributed by atoms with van der Waals surface area (Å²) in [5.74, 6) is -0.424. The van der Waals surface area contributed by atoms with Gasteiger partial charge in [-0.3, -0.25) is 19.7 Å². The van der Waals surface area contributed by atoms with Crippen molar-refractivity contribution in [2.75, 3.05) is 34.4 Å². The molecule has 1 aromatic rings. The fourth-order valence-corrected chi connectivity index (χ4v) is 3.44. The highest BCUT2D eigenvalue weighted by Gasteiger charge is 2.34. The molecular weight excluding hydrogens is 438 g/mol. The molecule has 2 N–H and O–H groups in total. The van der Waals surface area contributed by atoms with Crippen molar-refractivity contribution < 1.29 is 33.3 Å². The molecule has 1 aliphatic rings. The molecule has 1 aromatic carbocycles. The van der Waals surface area contributed by atoms with Crippen LogP contribution < -0.4 is 24.8 Å². The molecule has 176 valence electrons. The third kappa shape index (κ3) is 6.00. The van der Waals surface area contributed by atoms with Crippen LogP contribution in [0.4, 0.5) is 0 Å². The van der Waals surface area contributed by atoms with Gasteiger partial charge in [-0.1, -0.05) is 6.92 Å². The maximum Gasteiger partial charge on any atom is 0.308 e. The van der Waals surface area contributed by atoms with E-state index in [4.69, 9.17) is 31.2 Å². The van der Waals surface area contributed by atoms with Gasteiger partial charge in [-0.15, -0.1) is 0 Å². The van der Waals surface area contributed by atoms with E-state index in [9.17, 15) is 14.4 Å². The van der Waals surface area contributed by atoms with Gasteiger partial charge in [-0.25, -0.2) is 0 Å². The van der Waals surface area contributed by atoms with Gasteiger partial charge in [0.05, 0.1) is 33.9 Å². The van der Waals surface area contributed by atoms with E-state index in [1.54, 1.807) is 6.92 Å². The Balaban J connectivity index is 2.17. The van der Waals surface area contributed by atoms with Crippen LogP contribution in [0.5, 0.6) is 17.2 Å². The zero-order valence-corrected chi connectivity index (χ0v) is 19.7. The van der Waals surface area contributed by atoms with Crippen LogP contribution in [0.2, 0.25) is 0 Å². The topological polar surface area (TPSA) is 115 Å². The molecule has 0 saturated carbocycles. The number of carbonyl (C=O) groups is 3. The second-order valence-corrected chi connectivity index (χ2v) is 7.47. The molecule has 32 heavy (non-hydrogen) atoms. The largest absolute Gasteiger partial charge is 0.493 e. The van der Waals surface area contributed by atoms with Gasteiger partial charge in [-0.05, 0) is 37.7 Å². The second kappa shape index (κ2) is 11.5. The van der Waals surface area contributed by atoms with Crippen molar-refractivity contribution in [2.45, 2.75) is 38.8 Å². The summed E-state index contributed by atoms with van der Waals surface area (Å²) in [6.07, 6.45) is 0.223. The molecule has 1 heterocycles. The van der Waals surface area contributed by atoms with E-state index in [2.05, 4.69) is 10.6 Å². The fourth-order valence-electron chi connectivity index (χ4n) is 3.13. The number of nitrogens with one attached hydrogen (secondary N) is 2. The lowest BCUT2D eigenvalue weighted by Gasteiger charge is -2.36. The van der Waals surface area contributed by atoms with Crippen LogP contribution in [-0.2, 0) is 14.3 Å². The number of ether oxygens (including phenoxy) is 4. The lowest BCUT2D eigenvalue weighted by Crippen LogP contribution is -2.60. The van der Waals surface area contributed by atoms with Crippen molar-refractivity contribution in [1.82, 2.24) is 15.5 Å². The molecule has 2 unspecified atom stereocenters. The smallest absolute Gasteiger partial charge is 0.308 e. The third-order valence-corrected chi connectivity index (χ3v) is 5.34. The van der Waals surface area contributed by atoms with Crippen molar-refractivity contribution in [2.24, 2.45) is 0 Å². The summed E-state index contributed by atoms with van der Waals surface area (Å²) in [6, 6.07) is 2.10. The van der Waals surface area contributed by atoms with Gasteiger partial charge < -0.3 is 29.2 Å². The van der Waals surface area contributed by atoms with E-state index in [0.29, 0.717) is 36.8 Å². The minimum Gasteiger partial charge on any atom is -0.493 e. The third-order valence-electron chi connectivity index (χ3n) is 5.01. The predicted molar refractivity (Wildman–Crippen MR) is 120 cm³/mol. The monoisotopic (exact) mass is 467 g/mol. The molecule has 0 radical (unpaired) electrons. The number of hydrogen-bond donors (Lipinski definition) is 2. The average Bonchev–Trinajstić information content (AvgIpc) is 2.78. The molecule has 0 aliphatic carbocycles. The number of hydrogen-bond acceptors (Lipinski definition) is 8. The Morgan fingerprint density at radius 2 is 1.84 bits per heavy atom. The van der Waals surface area contributed by atoms with E-state index >= 15 is 0 Å². The molecule has 2 amide bonds. The number of thiocarbonyl (C=S) groups is 1. The van der Waals surface area contributed by atoms with Crippen LogP contribution in [0.1, 0.15) is 37.0 Å². The maximum atomic E-state index is 12.9. The van der Waals surface area contributed by atoms with Crippen LogP contribution in [0.3, 0.4) is 0 Å². The molecule has 0 aromatic heterocycles. The molecular formula is C21H29N3O7S. The first-order valence-electron chi connectivity index (χ1n) is 10.1. The molecule has 1 saturated heterocycles. The number of rotatable bonds is 8. The summed E-state index contributed by atoms with van der Waals surface area (Å²) in [6.45, 7) is 4.33. The molecule has 2 rings (SSSR count). The van der Waals surface area contributed by atoms with E-state index in [-0.39, 0.29) is 29.1 Å².